The molecule has 2 N–H and O–H groups in total. The van der Waals surface area contributed by atoms with Gasteiger partial charge in [-0.25, -0.2) is 9.37 Å². The second-order valence-electron chi connectivity index (χ2n) is 3.87. The van der Waals surface area contributed by atoms with Crippen LogP contribution in [0.25, 0.3) is 5.65 Å². The standard InChI is InChI=1S/C12H11FN6/c1-14-12-18-17-11-10(15-6-7-19(11)12)16-9-4-2-8(13)3-5-9/h2-7H,1H3,(H,14,18)(H,15,16). The van der Waals surface area contributed by atoms with Gasteiger partial charge in [-0.2, -0.15) is 0 Å². The van der Waals surface area contributed by atoms with E-state index in [1.165, 1.54) is 12.1 Å². The number of aromatic nitrogens is 4. The van der Waals surface area contributed by atoms with E-state index < -0.39 is 0 Å². The van der Waals surface area contributed by atoms with Crippen LogP contribution in [0, 0.1) is 5.82 Å². The molecule has 0 aliphatic rings. The first-order chi connectivity index (χ1) is 9.28. The molecule has 0 bridgehead atoms. The average molecular weight is 258 g/mol. The molecule has 0 spiro atoms. The number of hydrogen-bond donors (Lipinski definition) is 2. The Hall–Kier alpha value is -2.70. The highest BCUT2D eigenvalue weighted by molar-refractivity contribution is 5.70. The van der Waals surface area contributed by atoms with Crippen LogP contribution in [0.1, 0.15) is 0 Å². The molecule has 0 fully saturated rings. The maximum Gasteiger partial charge on any atom is 0.228 e. The van der Waals surface area contributed by atoms with Crippen LogP contribution in [0.15, 0.2) is 36.7 Å². The summed E-state index contributed by atoms with van der Waals surface area (Å²) in [5, 5.41) is 14.1. The maximum atomic E-state index is 12.8. The number of rotatable bonds is 3. The second kappa shape index (κ2) is 4.52. The fourth-order valence-electron chi connectivity index (χ4n) is 1.75. The van der Waals surface area contributed by atoms with E-state index in [0.29, 0.717) is 17.4 Å². The molecule has 0 saturated carbocycles. The van der Waals surface area contributed by atoms with Gasteiger partial charge in [0, 0.05) is 25.1 Å². The Morgan fingerprint density at radius 1 is 1.16 bits per heavy atom. The lowest BCUT2D eigenvalue weighted by Crippen LogP contribution is -2.00. The molecule has 0 atom stereocenters. The molecule has 0 aliphatic heterocycles. The van der Waals surface area contributed by atoms with E-state index in [9.17, 15) is 4.39 Å². The number of anilines is 3. The molecule has 19 heavy (non-hydrogen) atoms. The third-order valence-electron chi connectivity index (χ3n) is 2.66. The molecule has 0 aliphatic carbocycles. The van der Waals surface area contributed by atoms with Crippen molar-refractivity contribution in [1.29, 1.82) is 0 Å². The van der Waals surface area contributed by atoms with Crippen molar-refractivity contribution in [1.82, 2.24) is 19.6 Å². The van der Waals surface area contributed by atoms with Gasteiger partial charge < -0.3 is 10.6 Å². The summed E-state index contributed by atoms with van der Waals surface area (Å²) in [5.74, 6) is 0.902. The first-order valence-corrected chi connectivity index (χ1v) is 5.68. The van der Waals surface area contributed by atoms with Crippen molar-refractivity contribution in [3.8, 4) is 0 Å². The molecular weight excluding hydrogens is 247 g/mol. The Labute approximate surface area is 108 Å². The minimum Gasteiger partial charge on any atom is -0.357 e. The monoisotopic (exact) mass is 258 g/mol. The van der Waals surface area contributed by atoms with Crippen molar-refractivity contribution >= 4 is 23.1 Å². The smallest absolute Gasteiger partial charge is 0.228 e. The van der Waals surface area contributed by atoms with Crippen molar-refractivity contribution in [3.05, 3.63) is 42.5 Å². The summed E-state index contributed by atoms with van der Waals surface area (Å²) in [6.45, 7) is 0. The normalized spacial score (nSPS) is 10.6. The highest BCUT2D eigenvalue weighted by Gasteiger charge is 2.09. The summed E-state index contributed by atoms with van der Waals surface area (Å²) in [6.07, 6.45) is 3.40. The summed E-state index contributed by atoms with van der Waals surface area (Å²) < 4.78 is 14.6. The Kier molecular flexibility index (Phi) is 2.71. The number of halogens is 1. The summed E-state index contributed by atoms with van der Waals surface area (Å²) in [6, 6.07) is 6.03. The molecule has 7 heteroatoms. The Morgan fingerprint density at radius 2 is 1.95 bits per heavy atom. The minimum absolute atomic E-state index is 0.281. The third-order valence-corrected chi connectivity index (χ3v) is 2.66. The second-order valence-corrected chi connectivity index (χ2v) is 3.87. The minimum atomic E-state index is -0.281. The quantitative estimate of drug-likeness (QED) is 0.752. The van der Waals surface area contributed by atoms with Crippen LogP contribution < -0.4 is 10.6 Å². The van der Waals surface area contributed by atoms with Gasteiger partial charge in [0.25, 0.3) is 0 Å². The highest BCUT2D eigenvalue weighted by atomic mass is 19.1. The first-order valence-electron chi connectivity index (χ1n) is 5.68. The average Bonchev–Trinajstić information content (AvgIpc) is 2.85. The zero-order valence-corrected chi connectivity index (χ0v) is 10.1. The van der Waals surface area contributed by atoms with E-state index in [1.54, 1.807) is 36.0 Å². The molecule has 0 unspecified atom stereocenters. The van der Waals surface area contributed by atoms with Crippen molar-refractivity contribution in [2.75, 3.05) is 17.7 Å². The van der Waals surface area contributed by atoms with Gasteiger partial charge in [0.15, 0.2) is 5.82 Å². The van der Waals surface area contributed by atoms with Crippen LogP contribution >= 0.6 is 0 Å². The molecule has 96 valence electrons. The molecule has 3 aromatic rings. The maximum absolute atomic E-state index is 12.8. The van der Waals surface area contributed by atoms with Crippen LogP contribution in [-0.2, 0) is 0 Å². The van der Waals surface area contributed by atoms with Crippen molar-refractivity contribution in [3.63, 3.8) is 0 Å². The first kappa shape index (κ1) is 11.4. The summed E-state index contributed by atoms with van der Waals surface area (Å²) in [4.78, 5) is 4.22. The number of nitrogens with zero attached hydrogens (tertiary/aromatic N) is 4. The topological polar surface area (TPSA) is 67.1 Å². The summed E-state index contributed by atoms with van der Waals surface area (Å²) in [7, 11) is 1.77. The molecule has 0 saturated heterocycles. The molecule has 2 aromatic heterocycles. The van der Waals surface area contributed by atoms with Gasteiger partial charge in [0.1, 0.15) is 5.82 Å². The molecule has 2 heterocycles. The molecule has 0 radical (unpaired) electrons. The van der Waals surface area contributed by atoms with Crippen LogP contribution in [0.5, 0.6) is 0 Å². The highest BCUT2D eigenvalue weighted by Crippen LogP contribution is 2.19. The summed E-state index contributed by atoms with van der Waals surface area (Å²) in [5.41, 5.74) is 1.33. The molecule has 3 rings (SSSR count). The fourth-order valence-corrected chi connectivity index (χ4v) is 1.75. The van der Waals surface area contributed by atoms with Crippen LogP contribution in [0.3, 0.4) is 0 Å². The van der Waals surface area contributed by atoms with E-state index in [0.717, 1.165) is 5.69 Å². The van der Waals surface area contributed by atoms with Gasteiger partial charge in [-0.05, 0) is 24.3 Å². The Balaban J connectivity index is 2.01. The van der Waals surface area contributed by atoms with Crippen molar-refractivity contribution in [2.45, 2.75) is 0 Å². The lowest BCUT2D eigenvalue weighted by Gasteiger charge is -2.06. The van der Waals surface area contributed by atoms with Crippen LogP contribution in [-0.4, -0.2) is 26.6 Å². The lowest BCUT2D eigenvalue weighted by atomic mass is 10.3. The number of hydrogen-bond acceptors (Lipinski definition) is 5. The predicted octanol–water partition coefficient (Wildman–Crippen LogP) is 2.05. The third kappa shape index (κ3) is 2.05. The number of nitrogens with one attached hydrogen (secondary N) is 2. The van der Waals surface area contributed by atoms with Crippen molar-refractivity contribution < 1.29 is 4.39 Å². The van der Waals surface area contributed by atoms with E-state index in [-0.39, 0.29) is 5.82 Å². The predicted molar refractivity (Wildman–Crippen MR) is 70.0 cm³/mol. The SMILES string of the molecule is CNc1nnc2c(Nc3ccc(F)cc3)nccn12. The van der Waals surface area contributed by atoms with Crippen LogP contribution in [0.2, 0.25) is 0 Å². The Bertz CT molecular complexity index is 706. The van der Waals surface area contributed by atoms with E-state index in [2.05, 4.69) is 25.8 Å². The number of benzene rings is 1. The van der Waals surface area contributed by atoms with Crippen LogP contribution in [0.4, 0.5) is 21.8 Å². The Morgan fingerprint density at radius 3 is 2.68 bits per heavy atom. The van der Waals surface area contributed by atoms with Gasteiger partial charge in [-0.15, -0.1) is 10.2 Å². The zero-order valence-electron chi connectivity index (χ0n) is 10.1. The van der Waals surface area contributed by atoms with E-state index >= 15 is 0 Å². The zero-order chi connectivity index (χ0) is 13.2. The van der Waals surface area contributed by atoms with Gasteiger partial charge in [0.2, 0.25) is 11.6 Å². The van der Waals surface area contributed by atoms with Gasteiger partial charge in [-0.3, -0.25) is 4.40 Å². The lowest BCUT2D eigenvalue weighted by molar-refractivity contribution is 0.628. The van der Waals surface area contributed by atoms with E-state index in [4.69, 9.17) is 0 Å². The van der Waals surface area contributed by atoms with Crippen molar-refractivity contribution in [2.24, 2.45) is 0 Å². The molecule has 1 aromatic carbocycles. The van der Waals surface area contributed by atoms with Gasteiger partial charge >= 0.3 is 0 Å². The largest absolute Gasteiger partial charge is 0.357 e. The summed E-state index contributed by atoms with van der Waals surface area (Å²) >= 11 is 0. The fraction of sp³-hybridized carbons (Fsp3) is 0.0833. The van der Waals surface area contributed by atoms with Gasteiger partial charge in [-0.1, -0.05) is 0 Å². The molecule has 6 nitrogen and oxygen atoms in total. The van der Waals surface area contributed by atoms with Gasteiger partial charge in [0.05, 0.1) is 0 Å². The molecule has 0 amide bonds. The number of fused-ring (bicyclic) bond motifs is 1. The molecular formula is C12H11FN6. The van der Waals surface area contributed by atoms with E-state index in [1.807, 2.05) is 0 Å².